The fourth-order valence-electron chi connectivity index (χ4n) is 2.63. The summed E-state index contributed by atoms with van der Waals surface area (Å²) in [7, 11) is -3.52. The van der Waals surface area contributed by atoms with Gasteiger partial charge in [-0.2, -0.15) is 0 Å². The van der Waals surface area contributed by atoms with Crippen LogP contribution in [0.4, 0.5) is 5.13 Å². The van der Waals surface area contributed by atoms with Gasteiger partial charge in [0.15, 0.2) is 21.6 Å². The van der Waals surface area contributed by atoms with Gasteiger partial charge in [0.1, 0.15) is 0 Å². The van der Waals surface area contributed by atoms with Gasteiger partial charge in [-0.1, -0.05) is 42.8 Å². The van der Waals surface area contributed by atoms with E-state index in [0.29, 0.717) is 5.13 Å². The van der Waals surface area contributed by atoms with Gasteiger partial charge in [-0.05, 0) is 30.2 Å². The molecule has 162 valence electrons. The maximum Gasteiger partial charge on any atom is 0.340 e. The highest BCUT2D eigenvalue weighted by Crippen LogP contribution is 2.25. The Kier molecular flexibility index (Phi) is 7.09. The number of amides is 1. The predicted molar refractivity (Wildman–Crippen MR) is 120 cm³/mol. The molecule has 2 aromatic carbocycles. The highest BCUT2D eigenvalue weighted by molar-refractivity contribution is 7.90. The Bertz CT molecular complexity index is 1220. The maximum atomic E-state index is 12.2. The number of carbonyl (C=O) groups excluding carboxylic acids is 2. The minimum absolute atomic E-state index is 0.0245. The van der Waals surface area contributed by atoms with Crippen LogP contribution in [0.5, 0.6) is 0 Å². The zero-order valence-corrected chi connectivity index (χ0v) is 19.1. The van der Waals surface area contributed by atoms with Gasteiger partial charge in [-0.3, -0.25) is 10.1 Å². The molecule has 3 aromatic rings. The molecule has 0 aliphatic rings. The molecular formula is C21H19ClN2O5S2. The molecule has 7 nitrogen and oxygen atoms in total. The lowest BCUT2D eigenvalue weighted by Gasteiger charge is -2.07. The molecule has 1 amide bonds. The monoisotopic (exact) mass is 478 g/mol. The number of aromatic nitrogens is 1. The first-order valence-electron chi connectivity index (χ1n) is 9.19. The van der Waals surface area contributed by atoms with Crippen LogP contribution in [0.1, 0.15) is 22.8 Å². The topological polar surface area (TPSA) is 102 Å². The van der Waals surface area contributed by atoms with Crippen LogP contribution in [0, 0.1) is 0 Å². The number of aryl methyl sites for hydroxylation is 1. The van der Waals surface area contributed by atoms with Crippen molar-refractivity contribution in [1.29, 1.82) is 0 Å². The molecule has 10 heteroatoms. The third-order valence-electron chi connectivity index (χ3n) is 4.33. The Morgan fingerprint density at radius 3 is 2.52 bits per heavy atom. The molecule has 0 spiro atoms. The Morgan fingerprint density at radius 2 is 1.87 bits per heavy atom. The number of thiazole rings is 1. The number of hydrogen-bond acceptors (Lipinski definition) is 7. The van der Waals surface area contributed by atoms with Gasteiger partial charge in [0, 0.05) is 17.2 Å². The minimum atomic E-state index is -3.52. The fourth-order valence-corrected chi connectivity index (χ4v) is 4.21. The van der Waals surface area contributed by atoms with E-state index in [-0.39, 0.29) is 15.5 Å². The van der Waals surface area contributed by atoms with E-state index in [1.165, 1.54) is 29.0 Å². The van der Waals surface area contributed by atoms with E-state index in [9.17, 15) is 18.0 Å². The number of esters is 1. The minimum Gasteiger partial charge on any atom is -0.452 e. The molecule has 0 radical (unpaired) electrons. The van der Waals surface area contributed by atoms with Crippen LogP contribution < -0.4 is 5.32 Å². The smallest absolute Gasteiger partial charge is 0.340 e. The number of benzene rings is 2. The van der Waals surface area contributed by atoms with Crippen molar-refractivity contribution in [3.63, 3.8) is 0 Å². The van der Waals surface area contributed by atoms with Crippen LogP contribution in [0.25, 0.3) is 11.3 Å². The van der Waals surface area contributed by atoms with Gasteiger partial charge in [0.25, 0.3) is 5.91 Å². The van der Waals surface area contributed by atoms with Gasteiger partial charge >= 0.3 is 5.97 Å². The number of sulfone groups is 1. The van der Waals surface area contributed by atoms with Gasteiger partial charge in [-0.15, -0.1) is 11.3 Å². The zero-order valence-electron chi connectivity index (χ0n) is 16.7. The van der Waals surface area contributed by atoms with Crippen molar-refractivity contribution >= 4 is 49.8 Å². The van der Waals surface area contributed by atoms with Crippen LogP contribution in [0.3, 0.4) is 0 Å². The third kappa shape index (κ3) is 5.90. The second-order valence-electron chi connectivity index (χ2n) is 6.63. The molecule has 0 bridgehead atoms. The number of halogens is 1. The molecule has 0 fully saturated rings. The van der Waals surface area contributed by atoms with Crippen molar-refractivity contribution < 1.29 is 22.7 Å². The first kappa shape index (κ1) is 22.9. The van der Waals surface area contributed by atoms with E-state index in [1.807, 2.05) is 29.6 Å². The maximum absolute atomic E-state index is 12.2. The van der Waals surface area contributed by atoms with E-state index in [0.717, 1.165) is 30.0 Å². The van der Waals surface area contributed by atoms with Crippen molar-refractivity contribution in [3.05, 3.63) is 64.0 Å². The predicted octanol–water partition coefficient (Wildman–Crippen LogP) is 4.22. The number of nitrogens with zero attached hydrogens (tertiary/aromatic N) is 1. The van der Waals surface area contributed by atoms with E-state index in [1.54, 1.807) is 0 Å². The number of rotatable bonds is 7. The number of hydrogen-bond donors (Lipinski definition) is 1. The summed E-state index contributed by atoms with van der Waals surface area (Å²) in [5.41, 5.74) is 2.74. The van der Waals surface area contributed by atoms with E-state index in [4.69, 9.17) is 16.3 Å². The molecule has 1 N–H and O–H groups in total. The summed E-state index contributed by atoms with van der Waals surface area (Å²) >= 11 is 7.21. The average molecular weight is 479 g/mol. The van der Waals surface area contributed by atoms with Crippen molar-refractivity contribution in [2.45, 2.75) is 18.2 Å². The first-order chi connectivity index (χ1) is 14.7. The lowest BCUT2D eigenvalue weighted by atomic mass is 10.1. The summed E-state index contributed by atoms with van der Waals surface area (Å²) in [5, 5.41) is 4.79. The molecule has 0 aliphatic carbocycles. The second kappa shape index (κ2) is 9.59. The van der Waals surface area contributed by atoms with Gasteiger partial charge < -0.3 is 4.74 Å². The summed E-state index contributed by atoms with van der Waals surface area (Å²) in [6.07, 6.45) is 1.96. The molecule has 31 heavy (non-hydrogen) atoms. The molecular weight excluding hydrogens is 460 g/mol. The number of anilines is 1. The Labute approximate surface area is 189 Å². The highest BCUT2D eigenvalue weighted by Gasteiger charge is 2.18. The quantitative estimate of drug-likeness (QED) is 0.510. The Morgan fingerprint density at radius 1 is 1.16 bits per heavy atom. The number of nitrogens with one attached hydrogen (secondary N) is 1. The van der Waals surface area contributed by atoms with Crippen molar-refractivity contribution in [2.75, 3.05) is 18.2 Å². The molecule has 0 unspecified atom stereocenters. The Balaban J connectivity index is 1.61. The Hall–Kier alpha value is -2.75. The van der Waals surface area contributed by atoms with Gasteiger partial charge in [-0.25, -0.2) is 18.2 Å². The summed E-state index contributed by atoms with van der Waals surface area (Å²) < 4.78 is 28.3. The standard InChI is InChI=1S/C21H19ClN2O5S2/c1-3-13-4-6-14(7-5-13)18-12-30-21(23-18)24-19(25)11-29-20(26)16-10-15(31(2,27)28)8-9-17(16)22/h4-10,12H,3,11H2,1-2H3,(H,23,24,25). The molecule has 0 atom stereocenters. The van der Waals surface area contributed by atoms with Gasteiger partial charge in [0.2, 0.25) is 0 Å². The summed E-state index contributed by atoms with van der Waals surface area (Å²) in [6, 6.07) is 11.7. The SMILES string of the molecule is CCc1ccc(-c2csc(NC(=O)COC(=O)c3cc(S(C)(=O)=O)ccc3Cl)n2)cc1. The van der Waals surface area contributed by atoms with Crippen molar-refractivity contribution in [3.8, 4) is 11.3 Å². The second-order valence-corrected chi connectivity index (χ2v) is 9.91. The molecule has 3 rings (SSSR count). The lowest BCUT2D eigenvalue weighted by molar-refractivity contribution is -0.119. The highest BCUT2D eigenvalue weighted by atomic mass is 35.5. The molecule has 1 aromatic heterocycles. The van der Waals surface area contributed by atoms with Crippen LogP contribution in [-0.2, 0) is 25.8 Å². The molecule has 0 aliphatic heterocycles. The van der Waals surface area contributed by atoms with Gasteiger partial charge in [0.05, 0.1) is 21.2 Å². The zero-order chi connectivity index (χ0) is 22.6. The fraction of sp³-hybridized carbons (Fsp3) is 0.190. The van der Waals surface area contributed by atoms with Crippen LogP contribution in [0.2, 0.25) is 5.02 Å². The first-order valence-corrected chi connectivity index (χ1v) is 12.3. The van der Waals surface area contributed by atoms with Crippen LogP contribution in [-0.4, -0.2) is 38.1 Å². The normalized spacial score (nSPS) is 11.2. The molecule has 1 heterocycles. The lowest BCUT2D eigenvalue weighted by Crippen LogP contribution is -2.21. The van der Waals surface area contributed by atoms with E-state index < -0.39 is 28.3 Å². The van der Waals surface area contributed by atoms with E-state index >= 15 is 0 Å². The largest absolute Gasteiger partial charge is 0.452 e. The number of carbonyl (C=O) groups is 2. The summed E-state index contributed by atoms with van der Waals surface area (Å²) in [5.74, 6) is -1.48. The number of ether oxygens (including phenoxy) is 1. The molecule has 0 saturated carbocycles. The summed E-state index contributed by atoms with van der Waals surface area (Å²) in [6.45, 7) is 1.51. The van der Waals surface area contributed by atoms with Crippen LogP contribution in [0.15, 0.2) is 52.7 Å². The molecule has 0 saturated heterocycles. The average Bonchev–Trinajstić information content (AvgIpc) is 3.20. The van der Waals surface area contributed by atoms with Crippen molar-refractivity contribution in [1.82, 2.24) is 4.98 Å². The summed E-state index contributed by atoms with van der Waals surface area (Å²) in [4.78, 5) is 28.7. The van der Waals surface area contributed by atoms with Crippen molar-refractivity contribution in [2.24, 2.45) is 0 Å². The van der Waals surface area contributed by atoms with E-state index in [2.05, 4.69) is 17.2 Å². The third-order valence-corrected chi connectivity index (χ3v) is 6.53. The van der Waals surface area contributed by atoms with Crippen LogP contribution >= 0.6 is 22.9 Å².